The first-order valence-electron chi connectivity index (χ1n) is 7.68. The van der Waals surface area contributed by atoms with Gasteiger partial charge in [-0.3, -0.25) is 19.1 Å². The molecule has 6 heteroatoms. The van der Waals surface area contributed by atoms with Crippen molar-refractivity contribution in [1.29, 1.82) is 0 Å². The van der Waals surface area contributed by atoms with Gasteiger partial charge in [0, 0.05) is 48.2 Å². The Balaban J connectivity index is 1.71. The van der Waals surface area contributed by atoms with Gasteiger partial charge in [0.25, 0.3) is 5.91 Å². The average Bonchev–Trinajstić information content (AvgIpc) is 3.01. The van der Waals surface area contributed by atoms with Crippen molar-refractivity contribution in [2.24, 2.45) is 5.10 Å². The number of rotatable bonds is 4. The first kappa shape index (κ1) is 16.3. The fourth-order valence-corrected chi connectivity index (χ4v) is 2.45. The lowest BCUT2D eigenvalue weighted by Gasteiger charge is -1.97. The summed E-state index contributed by atoms with van der Waals surface area (Å²) in [4.78, 5) is 27.4. The molecule has 0 aliphatic rings. The van der Waals surface area contributed by atoms with Crippen LogP contribution >= 0.6 is 0 Å². The zero-order valence-electron chi connectivity index (χ0n) is 13.6. The number of hydrogen-bond donors (Lipinski definition) is 1. The second-order valence-electron chi connectivity index (χ2n) is 5.30. The van der Waals surface area contributed by atoms with E-state index in [4.69, 9.17) is 0 Å². The van der Waals surface area contributed by atoms with Crippen molar-refractivity contribution in [1.82, 2.24) is 15.0 Å². The Labute approximate surface area is 144 Å². The lowest BCUT2D eigenvalue weighted by atomic mass is 10.1. The Morgan fingerprint density at radius 2 is 1.92 bits per heavy atom. The van der Waals surface area contributed by atoms with Crippen molar-refractivity contribution in [2.45, 2.75) is 6.92 Å². The van der Waals surface area contributed by atoms with Crippen LogP contribution in [0.1, 0.15) is 27.6 Å². The van der Waals surface area contributed by atoms with Crippen LogP contribution in [0.15, 0.2) is 66.2 Å². The summed E-state index contributed by atoms with van der Waals surface area (Å²) in [7, 11) is 0. The maximum Gasteiger partial charge on any atom is 0.271 e. The molecule has 0 unspecified atom stereocenters. The third-order valence-electron chi connectivity index (χ3n) is 3.63. The quantitative estimate of drug-likeness (QED) is 0.589. The van der Waals surface area contributed by atoms with Gasteiger partial charge >= 0.3 is 0 Å². The molecular weight excluding hydrogens is 316 g/mol. The minimum atomic E-state index is -0.305. The van der Waals surface area contributed by atoms with Crippen LogP contribution in [0, 0.1) is 0 Å². The highest BCUT2D eigenvalue weighted by Crippen LogP contribution is 2.22. The summed E-state index contributed by atoms with van der Waals surface area (Å²) in [5.74, 6) is -0.352. The van der Waals surface area contributed by atoms with Gasteiger partial charge < -0.3 is 0 Å². The molecule has 0 saturated carbocycles. The van der Waals surface area contributed by atoms with E-state index in [0.29, 0.717) is 5.56 Å². The highest BCUT2D eigenvalue weighted by atomic mass is 16.2. The molecule has 0 radical (unpaired) electrons. The Morgan fingerprint density at radius 1 is 1.16 bits per heavy atom. The van der Waals surface area contributed by atoms with Gasteiger partial charge in [0.15, 0.2) is 0 Å². The monoisotopic (exact) mass is 332 g/mol. The summed E-state index contributed by atoms with van der Waals surface area (Å²) in [5, 5.41) is 4.85. The number of hydrazone groups is 1. The van der Waals surface area contributed by atoms with Gasteiger partial charge in [-0.15, -0.1) is 0 Å². The van der Waals surface area contributed by atoms with Crippen molar-refractivity contribution >= 4 is 35.0 Å². The number of carbonyl (C=O) groups excluding carboxylic acids is 2. The van der Waals surface area contributed by atoms with Crippen LogP contribution in [0.4, 0.5) is 0 Å². The third kappa shape index (κ3) is 3.69. The zero-order chi connectivity index (χ0) is 17.6. The van der Waals surface area contributed by atoms with Gasteiger partial charge in [0.2, 0.25) is 5.91 Å². The number of nitrogens with zero attached hydrogens (tertiary/aromatic N) is 3. The number of para-hydroxylation sites is 1. The molecule has 0 atom stereocenters. The van der Waals surface area contributed by atoms with Crippen molar-refractivity contribution in [2.75, 3.05) is 0 Å². The summed E-state index contributed by atoms with van der Waals surface area (Å²) in [5.41, 5.74) is 4.68. The van der Waals surface area contributed by atoms with Crippen molar-refractivity contribution in [3.8, 4) is 0 Å². The summed E-state index contributed by atoms with van der Waals surface area (Å²) in [6, 6.07) is 10.9. The fourth-order valence-electron chi connectivity index (χ4n) is 2.45. The van der Waals surface area contributed by atoms with Crippen molar-refractivity contribution in [3.05, 3.63) is 72.2 Å². The number of pyridine rings is 1. The van der Waals surface area contributed by atoms with Crippen LogP contribution < -0.4 is 5.43 Å². The first-order valence-corrected chi connectivity index (χ1v) is 7.68. The maximum atomic E-state index is 11.8. The van der Waals surface area contributed by atoms with Crippen LogP contribution in [-0.4, -0.2) is 27.6 Å². The second kappa shape index (κ2) is 7.35. The number of fused-ring (bicyclic) bond motifs is 1. The van der Waals surface area contributed by atoms with Gasteiger partial charge in [-0.1, -0.05) is 24.3 Å². The molecule has 2 aromatic heterocycles. The molecule has 2 heterocycles. The number of hydrogen-bond acceptors (Lipinski definition) is 4. The van der Waals surface area contributed by atoms with E-state index >= 15 is 0 Å². The van der Waals surface area contributed by atoms with Gasteiger partial charge in [0.1, 0.15) is 0 Å². The molecule has 0 fully saturated rings. The zero-order valence-corrected chi connectivity index (χ0v) is 13.6. The predicted molar refractivity (Wildman–Crippen MR) is 97.5 cm³/mol. The minimum Gasteiger partial charge on any atom is -0.287 e. The molecule has 3 aromatic rings. The summed E-state index contributed by atoms with van der Waals surface area (Å²) < 4.78 is 1.61. The third-order valence-corrected chi connectivity index (χ3v) is 3.63. The van der Waals surface area contributed by atoms with E-state index < -0.39 is 0 Å². The van der Waals surface area contributed by atoms with Crippen molar-refractivity contribution < 1.29 is 9.59 Å². The largest absolute Gasteiger partial charge is 0.287 e. The Kier molecular flexibility index (Phi) is 4.80. The molecule has 0 aliphatic heterocycles. The lowest BCUT2D eigenvalue weighted by molar-refractivity contribution is 0.0937. The number of benzene rings is 1. The van der Waals surface area contributed by atoms with Crippen LogP contribution in [0.5, 0.6) is 0 Å². The van der Waals surface area contributed by atoms with E-state index in [1.165, 1.54) is 13.1 Å². The number of carbonyl (C=O) groups is 2. The second-order valence-corrected chi connectivity index (χ2v) is 5.30. The molecule has 25 heavy (non-hydrogen) atoms. The van der Waals surface area contributed by atoms with E-state index in [-0.39, 0.29) is 11.8 Å². The standard InChI is InChI=1S/C19H16N4O2/c1-14(24)23-13-16(17-6-2-3-7-18(17)23)5-4-10-21-22-19(25)15-8-11-20-12-9-15/h2-13H,1H3,(H,22,25). The van der Waals surface area contributed by atoms with Crippen LogP contribution in [0.2, 0.25) is 0 Å². The molecule has 1 aromatic carbocycles. The van der Waals surface area contributed by atoms with E-state index in [1.807, 2.05) is 30.3 Å². The van der Waals surface area contributed by atoms with Gasteiger partial charge in [0.05, 0.1) is 5.52 Å². The van der Waals surface area contributed by atoms with Crippen molar-refractivity contribution in [3.63, 3.8) is 0 Å². The molecule has 1 amide bonds. The smallest absolute Gasteiger partial charge is 0.271 e. The summed E-state index contributed by atoms with van der Waals surface area (Å²) in [6.07, 6.45) is 9.90. The van der Waals surface area contributed by atoms with Crippen LogP contribution in [-0.2, 0) is 0 Å². The molecule has 3 rings (SSSR count). The summed E-state index contributed by atoms with van der Waals surface area (Å²) >= 11 is 0. The Morgan fingerprint density at radius 3 is 2.68 bits per heavy atom. The Bertz CT molecular complexity index is 972. The topological polar surface area (TPSA) is 76.3 Å². The molecule has 0 spiro atoms. The molecule has 6 nitrogen and oxygen atoms in total. The number of allylic oxidation sites excluding steroid dienone is 1. The SMILES string of the molecule is CC(=O)n1cc(C=CC=NNC(=O)c2ccncc2)c2ccccc21. The van der Waals surface area contributed by atoms with E-state index in [9.17, 15) is 9.59 Å². The lowest BCUT2D eigenvalue weighted by Crippen LogP contribution is -2.17. The Hall–Kier alpha value is -3.54. The van der Waals surface area contributed by atoms with Gasteiger partial charge in [-0.05, 0) is 24.3 Å². The predicted octanol–water partition coefficient (Wildman–Crippen LogP) is 3.13. The highest BCUT2D eigenvalue weighted by Gasteiger charge is 2.08. The molecule has 0 aliphatic carbocycles. The van der Waals surface area contributed by atoms with Gasteiger partial charge in [-0.2, -0.15) is 5.10 Å². The normalized spacial score (nSPS) is 11.4. The fraction of sp³-hybridized carbons (Fsp3) is 0.0526. The molecular formula is C19H16N4O2. The highest BCUT2D eigenvalue weighted by molar-refractivity contribution is 5.98. The average molecular weight is 332 g/mol. The summed E-state index contributed by atoms with van der Waals surface area (Å²) in [6.45, 7) is 1.52. The molecule has 1 N–H and O–H groups in total. The first-order chi connectivity index (χ1) is 12.2. The van der Waals surface area contributed by atoms with Crippen LogP contribution in [0.3, 0.4) is 0 Å². The molecule has 124 valence electrons. The van der Waals surface area contributed by atoms with Gasteiger partial charge in [-0.25, -0.2) is 5.43 Å². The van der Waals surface area contributed by atoms with Crippen LogP contribution in [0.25, 0.3) is 17.0 Å². The van der Waals surface area contributed by atoms with E-state index in [2.05, 4.69) is 15.5 Å². The van der Waals surface area contributed by atoms with E-state index in [0.717, 1.165) is 16.5 Å². The molecule has 0 bridgehead atoms. The number of amides is 1. The maximum absolute atomic E-state index is 11.8. The minimum absolute atomic E-state index is 0.0471. The number of aromatic nitrogens is 2. The molecule has 0 saturated heterocycles. The van der Waals surface area contributed by atoms with E-state index in [1.54, 1.807) is 41.4 Å². The number of nitrogens with one attached hydrogen (secondary N) is 1.